The van der Waals surface area contributed by atoms with Crippen LogP contribution in [0.4, 0.5) is 5.69 Å². The van der Waals surface area contributed by atoms with Crippen molar-refractivity contribution < 1.29 is 9.66 Å². The van der Waals surface area contributed by atoms with Crippen LogP contribution in [0.25, 0.3) is 0 Å². The molecule has 0 saturated heterocycles. The van der Waals surface area contributed by atoms with Crippen molar-refractivity contribution in [2.24, 2.45) is 0 Å². The molecule has 1 aromatic rings. The predicted octanol–water partition coefficient (Wildman–Crippen LogP) is 1.87. The van der Waals surface area contributed by atoms with Gasteiger partial charge in [0.15, 0.2) is 6.07 Å². The quantitative estimate of drug-likeness (QED) is 0.439. The van der Waals surface area contributed by atoms with E-state index in [0.29, 0.717) is 12.2 Å². The Kier molecular flexibility index (Phi) is 3.88. The molecule has 16 heavy (non-hydrogen) atoms. The molecule has 0 aromatic heterocycles. The van der Waals surface area contributed by atoms with Crippen LogP contribution in [0.2, 0.25) is 0 Å². The first kappa shape index (κ1) is 11.5. The summed E-state index contributed by atoms with van der Waals surface area (Å²) in [5.41, 5.74) is 0.198. The minimum Gasteiger partial charge on any atom is -0.486 e. The number of nitro benzene ring substituents is 1. The van der Waals surface area contributed by atoms with Gasteiger partial charge >= 0.3 is 5.69 Å². The number of ether oxygens (including phenoxy) is 1. The van der Waals surface area contributed by atoms with E-state index in [1.807, 2.05) is 0 Å². The molecule has 0 saturated carbocycles. The summed E-state index contributed by atoms with van der Waals surface area (Å²) in [7, 11) is 0. The maximum atomic E-state index is 10.7. The number of hydrogen-bond acceptors (Lipinski definition) is 4. The summed E-state index contributed by atoms with van der Waals surface area (Å²) in [6.07, 6.45) is 0. The number of nitro groups is 1. The van der Waals surface area contributed by atoms with E-state index in [9.17, 15) is 10.1 Å². The molecular formula is C11H8N2O3. The average molecular weight is 216 g/mol. The van der Waals surface area contributed by atoms with E-state index >= 15 is 0 Å². The van der Waals surface area contributed by atoms with Crippen molar-refractivity contribution >= 4 is 5.69 Å². The highest BCUT2D eigenvalue weighted by atomic mass is 16.6. The number of benzene rings is 1. The second kappa shape index (κ2) is 5.38. The Bertz CT molecular complexity index is 506. The van der Waals surface area contributed by atoms with Gasteiger partial charge < -0.3 is 4.74 Å². The molecule has 0 atom stereocenters. The third kappa shape index (κ3) is 2.49. The topological polar surface area (TPSA) is 76.2 Å². The smallest absolute Gasteiger partial charge is 0.312 e. The van der Waals surface area contributed by atoms with Gasteiger partial charge in [-0.1, -0.05) is 6.07 Å². The summed E-state index contributed by atoms with van der Waals surface area (Å²) < 4.78 is 5.17. The minimum absolute atomic E-state index is 0.109. The van der Waals surface area contributed by atoms with Crippen LogP contribution in [-0.4, -0.2) is 11.5 Å². The lowest BCUT2D eigenvalue weighted by Gasteiger charge is -2.05. The third-order valence-corrected chi connectivity index (χ3v) is 1.73. The summed E-state index contributed by atoms with van der Waals surface area (Å²) in [5.74, 6) is 4.79. The third-order valence-electron chi connectivity index (χ3n) is 1.73. The van der Waals surface area contributed by atoms with Crippen molar-refractivity contribution in [3.8, 4) is 23.7 Å². The average Bonchev–Trinajstić information content (AvgIpc) is 2.27. The SMILES string of the molecule is CCOc1c(C#CC#N)cccc1[N+](=O)[O-]. The first-order valence-corrected chi connectivity index (χ1v) is 4.51. The van der Waals surface area contributed by atoms with Crippen LogP contribution >= 0.6 is 0 Å². The molecule has 0 amide bonds. The highest BCUT2D eigenvalue weighted by Gasteiger charge is 2.17. The Labute approximate surface area is 92.4 Å². The first-order chi connectivity index (χ1) is 7.70. The maximum absolute atomic E-state index is 10.7. The number of para-hydroxylation sites is 1. The summed E-state index contributed by atoms with van der Waals surface area (Å²) in [4.78, 5) is 10.2. The van der Waals surface area contributed by atoms with Gasteiger partial charge in [0, 0.05) is 12.0 Å². The number of rotatable bonds is 3. The molecule has 80 valence electrons. The Morgan fingerprint density at radius 1 is 1.56 bits per heavy atom. The van der Waals surface area contributed by atoms with Crippen molar-refractivity contribution in [3.63, 3.8) is 0 Å². The van der Waals surface area contributed by atoms with Gasteiger partial charge in [0.1, 0.15) is 0 Å². The molecule has 1 rings (SSSR count). The molecular weight excluding hydrogens is 208 g/mol. The number of nitriles is 1. The van der Waals surface area contributed by atoms with Crippen molar-refractivity contribution in [2.75, 3.05) is 6.61 Å². The Hall–Kier alpha value is -2.53. The zero-order valence-electron chi connectivity index (χ0n) is 8.56. The lowest BCUT2D eigenvalue weighted by atomic mass is 10.2. The molecule has 0 unspecified atom stereocenters. The molecule has 0 N–H and O–H groups in total. The van der Waals surface area contributed by atoms with E-state index in [1.54, 1.807) is 19.1 Å². The standard InChI is InChI=1S/C11H8N2O3/c1-2-16-11-9(6-4-8-12)5-3-7-10(11)13(14)15/h3,5,7H,2H2,1H3. The normalized spacial score (nSPS) is 8.50. The number of nitrogens with zero attached hydrogens (tertiary/aromatic N) is 2. The van der Waals surface area contributed by atoms with Crippen LogP contribution in [0, 0.1) is 33.3 Å². The number of hydrogen-bond donors (Lipinski definition) is 0. The highest BCUT2D eigenvalue weighted by Crippen LogP contribution is 2.30. The monoisotopic (exact) mass is 216 g/mol. The molecule has 5 nitrogen and oxygen atoms in total. The zero-order chi connectivity index (χ0) is 12.0. The van der Waals surface area contributed by atoms with E-state index in [-0.39, 0.29) is 11.4 Å². The fourth-order valence-electron chi connectivity index (χ4n) is 1.16. The molecule has 0 radical (unpaired) electrons. The van der Waals surface area contributed by atoms with Crippen molar-refractivity contribution in [1.82, 2.24) is 0 Å². The summed E-state index contributed by atoms with van der Waals surface area (Å²) in [6, 6.07) is 6.06. The second-order valence-electron chi connectivity index (χ2n) is 2.71. The molecule has 0 spiro atoms. The van der Waals surface area contributed by atoms with Crippen LogP contribution in [0.3, 0.4) is 0 Å². The van der Waals surface area contributed by atoms with E-state index in [0.717, 1.165) is 0 Å². The van der Waals surface area contributed by atoms with Gasteiger partial charge in [-0.05, 0) is 18.9 Å². The van der Waals surface area contributed by atoms with Crippen molar-refractivity contribution in [2.45, 2.75) is 6.92 Å². The first-order valence-electron chi connectivity index (χ1n) is 4.51. The van der Waals surface area contributed by atoms with Gasteiger partial charge in [-0.3, -0.25) is 10.1 Å². The Balaban J connectivity index is 3.33. The lowest BCUT2D eigenvalue weighted by Crippen LogP contribution is -1.99. The molecule has 0 aliphatic heterocycles. The van der Waals surface area contributed by atoms with Crippen LogP contribution in [-0.2, 0) is 0 Å². The molecule has 0 heterocycles. The molecule has 0 bridgehead atoms. The van der Waals surface area contributed by atoms with Crippen LogP contribution in [0.1, 0.15) is 12.5 Å². The van der Waals surface area contributed by atoms with Gasteiger partial charge in [0.2, 0.25) is 5.75 Å². The zero-order valence-corrected chi connectivity index (χ0v) is 8.56. The maximum Gasteiger partial charge on any atom is 0.312 e. The molecule has 0 fully saturated rings. The van der Waals surface area contributed by atoms with Crippen molar-refractivity contribution in [3.05, 3.63) is 33.9 Å². The van der Waals surface area contributed by atoms with E-state index in [2.05, 4.69) is 11.8 Å². The summed E-state index contributed by atoms with van der Waals surface area (Å²) in [5, 5.41) is 19.1. The van der Waals surface area contributed by atoms with Crippen molar-refractivity contribution in [1.29, 1.82) is 5.26 Å². The Morgan fingerprint density at radius 3 is 2.88 bits per heavy atom. The molecule has 5 heteroatoms. The summed E-state index contributed by atoms with van der Waals surface area (Å²) in [6.45, 7) is 2.02. The van der Waals surface area contributed by atoms with Gasteiger partial charge in [-0.25, -0.2) is 0 Å². The fraction of sp³-hybridized carbons (Fsp3) is 0.182. The lowest BCUT2D eigenvalue weighted by molar-refractivity contribution is -0.385. The molecule has 0 aliphatic carbocycles. The van der Waals surface area contributed by atoms with E-state index in [1.165, 1.54) is 12.1 Å². The van der Waals surface area contributed by atoms with Gasteiger partial charge in [-0.2, -0.15) is 5.26 Å². The van der Waals surface area contributed by atoms with Gasteiger partial charge in [0.25, 0.3) is 0 Å². The van der Waals surface area contributed by atoms with E-state index in [4.69, 9.17) is 10.00 Å². The largest absolute Gasteiger partial charge is 0.486 e. The minimum atomic E-state index is -0.539. The second-order valence-corrected chi connectivity index (χ2v) is 2.71. The van der Waals surface area contributed by atoms with Crippen LogP contribution in [0.5, 0.6) is 5.75 Å². The molecule has 0 aliphatic rings. The van der Waals surface area contributed by atoms with E-state index < -0.39 is 4.92 Å². The molecule has 1 aromatic carbocycles. The summed E-state index contributed by atoms with van der Waals surface area (Å²) >= 11 is 0. The van der Waals surface area contributed by atoms with Crippen LogP contribution < -0.4 is 4.74 Å². The predicted molar refractivity (Wildman–Crippen MR) is 56.8 cm³/mol. The van der Waals surface area contributed by atoms with Gasteiger partial charge in [0.05, 0.1) is 17.1 Å². The highest BCUT2D eigenvalue weighted by molar-refractivity contribution is 5.58. The fourth-order valence-corrected chi connectivity index (χ4v) is 1.16. The Morgan fingerprint density at radius 2 is 2.31 bits per heavy atom. The van der Waals surface area contributed by atoms with Crippen LogP contribution in [0.15, 0.2) is 18.2 Å². The van der Waals surface area contributed by atoms with Gasteiger partial charge in [-0.15, -0.1) is 0 Å².